The number of alkyl halides is 1. The van der Waals surface area contributed by atoms with Crippen molar-refractivity contribution in [2.24, 2.45) is 0 Å². The summed E-state index contributed by atoms with van der Waals surface area (Å²) in [5.74, 6) is -0.869. The van der Waals surface area contributed by atoms with E-state index < -0.39 is 12.1 Å². The summed E-state index contributed by atoms with van der Waals surface area (Å²) in [7, 11) is 0. The van der Waals surface area contributed by atoms with Crippen molar-refractivity contribution in [3.63, 3.8) is 0 Å². The van der Waals surface area contributed by atoms with Crippen molar-refractivity contribution in [1.82, 2.24) is 5.32 Å². The van der Waals surface area contributed by atoms with Crippen LogP contribution in [-0.2, 0) is 4.79 Å². The second kappa shape index (κ2) is 4.51. The summed E-state index contributed by atoms with van der Waals surface area (Å²) >= 11 is 0. The third-order valence-electron chi connectivity index (χ3n) is 1.59. The Morgan fingerprint density at radius 3 is 2.73 bits per heavy atom. The highest BCUT2D eigenvalue weighted by atomic mass is 35.5. The lowest BCUT2D eigenvalue weighted by Gasteiger charge is -2.03. The lowest BCUT2D eigenvalue weighted by Crippen LogP contribution is -2.24. The molecular weight excluding hydrogens is 173 g/mol. The van der Waals surface area contributed by atoms with E-state index in [0.717, 1.165) is 0 Å². The smallest absolute Gasteiger partial charge is 0.304 e. The first-order chi connectivity index (χ1) is 4.68. The van der Waals surface area contributed by atoms with E-state index in [9.17, 15) is 9.18 Å². The zero-order chi connectivity index (χ0) is 7.56. The Bertz CT molecular complexity index is 145. The summed E-state index contributed by atoms with van der Waals surface area (Å²) in [5.41, 5.74) is 0. The summed E-state index contributed by atoms with van der Waals surface area (Å²) in [5, 5.41) is 11.1. The zero-order valence-electron chi connectivity index (χ0n) is 5.92. The summed E-state index contributed by atoms with van der Waals surface area (Å²) in [6, 6.07) is -0.160. The van der Waals surface area contributed by atoms with E-state index in [2.05, 4.69) is 5.32 Å². The van der Waals surface area contributed by atoms with E-state index in [1.807, 2.05) is 0 Å². The third-order valence-corrected chi connectivity index (χ3v) is 1.59. The molecule has 2 atom stereocenters. The SMILES string of the molecule is Cl.O=C(O)C[C@@H]1C[C@H](F)CN1. The van der Waals surface area contributed by atoms with Gasteiger partial charge in [-0.15, -0.1) is 12.4 Å². The number of aliphatic carboxylic acids is 1. The van der Waals surface area contributed by atoms with Crippen molar-refractivity contribution in [3.8, 4) is 0 Å². The van der Waals surface area contributed by atoms with Gasteiger partial charge < -0.3 is 10.4 Å². The van der Waals surface area contributed by atoms with E-state index >= 15 is 0 Å². The van der Waals surface area contributed by atoms with E-state index in [4.69, 9.17) is 5.11 Å². The molecule has 0 bridgehead atoms. The maximum absolute atomic E-state index is 12.4. The molecule has 0 saturated carbocycles. The highest BCUT2D eigenvalue weighted by Gasteiger charge is 2.24. The van der Waals surface area contributed by atoms with Crippen molar-refractivity contribution in [1.29, 1.82) is 0 Å². The Hall–Kier alpha value is -0.350. The number of halogens is 2. The zero-order valence-corrected chi connectivity index (χ0v) is 6.73. The molecule has 0 unspecified atom stereocenters. The van der Waals surface area contributed by atoms with Gasteiger partial charge in [-0.2, -0.15) is 0 Å². The quantitative estimate of drug-likeness (QED) is 0.659. The number of rotatable bonds is 2. The maximum Gasteiger partial charge on any atom is 0.304 e. The first-order valence-electron chi connectivity index (χ1n) is 3.27. The summed E-state index contributed by atoms with van der Waals surface area (Å²) in [6.07, 6.45) is -0.489. The predicted molar refractivity (Wildman–Crippen MR) is 40.8 cm³/mol. The Labute approximate surface area is 70.4 Å². The number of hydrogen-bond acceptors (Lipinski definition) is 2. The summed E-state index contributed by atoms with van der Waals surface area (Å²) in [4.78, 5) is 10.1. The number of nitrogens with one attached hydrogen (secondary N) is 1. The monoisotopic (exact) mass is 183 g/mol. The standard InChI is InChI=1S/C6H10FNO2.ClH/c7-4-1-5(8-3-4)2-6(9)10;/h4-5,8H,1-3H2,(H,9,10);1H/t4-,5-;/m0./s1. The molecule has 11 heavy (non-hydrogen) atoms. The fourth-order valence-electron chi connectivity index (χ4n) is 1.14. The second-order valence-corrected chi connectivity index (χ2v) is 2.54. The molecule has 1 heterocycles. The molecule has 0 amide bonds. The first kappa shape index (κ1) is 10.7. The van der Waals surface area contributed by atoms with Crippen molar-refractivity contribution in [2.75, 3.05) is 6.54 Å². The van der Waals surface area contributed by atoms with Gasteiger partial charge in [0.25, 0.3) is 0 Å². The van der Waals surface area contributed by atoms with Crippen molar-refractivity contribution in [3.05, 3.63) is 0 Å². The van der Waals surface area contributed by atoms with Crippen LogP contribution in [0, 0.1) is 0 Å². The summed E-state index contributed by atoms with van der Waals surface area (Å²) in [6.45, 7) is 0.304. The second-order valence-electron chi connectivity index (χ2n) is 2.54. The van der Waals surface area contributed by atoms with Crippen LogP contribution in [0.1, 0.15) is 12.8 Å². The van der Waals surface area contributed by atoms with Crippen molar-refractivity contribution < 1.29 is 14.3 Å². The third kappa shape index (κ3) is 3.53. The van der Waals surface area contributed by atoms with Crippen LogP contribution in [0.5, 0.6) is 0 Å². The molecule has 2 N–H and O–H groups in total. The van der Waals surface area contributed by atoms with E-state index in [0.29, 0.717) is 13.0 Å². The van der Waals surface area contributed by atoms with Crippen LogP contribution in [0.15, 0.2) is 0 Å². The van der Waals surface area contributed by atoms with Gasteiger partial charge in [0.05, 0.1) is 6.42 Å². The number of hydrogen-bond donors (Lipinski definition) is 2. The molecule has 0 spiro atoms. The number of carboxylic acid groups (broad SMARTS) is 1. The van der Waals surface area contributed by atoms with Gasteiger partial charge in [-0.05, 0) is 6.42 Å². The minimum Gasteiger partial charge on any atom is -0.481 e. The molecule has 3 nitrogen and oxygen atoms in total. The van der Waals surface area contributed by atoms with E-state index in [1.54, 1.807) is 0 Å². The Morgan fingerprint density at radius 1 is 1.73 bits per heavy atom. The molecule has 1 aliphatic heterocycles. The molecule has 0 aliphatic carbocycles. The van der Waals surface area contributed by atoms with Crippen LogP contribution >= 0.6 is 12.4 Å². The van der Waals surface area contributed by atoms with Gasteiger partial charge in [-0.25, -0.2) is 4.39 Å². The fraction of sp³-hybridized carbons (Fsp3) is 0.833. The molecule has 0 aromatic heterocycles. The maximum atomic E-state index is 12.4. The van der Waals surface area contributed by atoms with Gasteiger partial charge in [-0.1, -0.05) is 0 Å². The highest BCUT2D eigenvalue weighted by molar-refractivity contribution is 5.85. The van der Waals surface area contributed by atoms with Crippen LogP contribution < -0.4 is 5.32 Å². The number of carbonyl (C=O) groups is 1. The highest BCUT2D eigenvalue weighted by Crippen LogP contribution is 2.12. The van der Waals surface area contributed by atoms with E-state index in [1.165, 1.54) is 0 Å². The Morgan fingerprint density at radius 2 is 2.36 bits per heavy atom. The van der Waals surface area contributed by atoms with Crippen LogP contribution in [-0.4, -0.2) is 29.8 Å². The Balaban J connectivity index is 0.000001000. The van der Waals surface area contributed by atoms with Gasteiger partial charge in [0, 0.05) is 12.6 Å². The van der Waals surface area contributed by atoms with Crippen LogP contribution in [0.3, 0.4) is 0 Å². The summed E-state index contributed by atoms with van der Waals surface area (Å²) < 4.78 is 12.4. The van der Waals surface area contributed by atoms with Gasteiger partial charge in [0.1, 0.15) is 6.17 Å². The van der Waals surface area contributed by atoms with Gasteiger partial charge in [0.15, 0.2) is 0 Å². The molecule has 1 saturated heterocycles. The molecule has 0 radical (unpaired) electrons. The molecule has 1 fully saturated rings. The lowest BCUT2D eigenvalue weighted by molar-refractivity contribution is -0.137. The molecule has 66 valence electrons. The van der Waals surface area contributed by atoms with Crippen LogP contribution in [0.2, 0.25) is 0 Å². The molecule has 1 aliphatic rings. The average Bonchev–Trinajstić information content (AvgIpc) is 2.13. The largest absolute Gasteiger partial charge is 0.481 e. The minimum absolute atomic E-state index is 0. The van der Waals surface area contributed by atoms with Crippen molar-refractivity contribution in [2.45, 2.75) is 25.1 Å². The average molecular weight is 184 g/mol. The first-order valence-corrected chi connectivity index (χ1v) is 3.27. The number of carboxylic acids is 1. The topological polar surface area (TPSA) is 49.3 Å². The molecule has 5 heteroatoms. The molecule has 1 rings (SSSR count). The van der Waals surface area contributed by atoms with Gasteiger partial charge in [0.2, 0.25) is 0 Å². The van der Waals surface area contributed by atoms with Crippen LogP contribution in [0.25, 0.3) is 0 Å². The van der Waals surface area contributed by atoms with Crippen molar-refractivity contribution >= 4 is 18.4 Å². The molecule has 0 aromatic rings. The van der Waals surface area contributed by atoms with E-state index in [-0.39, 0.29) is 24.9 Å². The fourth-order valence-corrected chi connectivity index (χ4v) is 1.14. The van der Waals surface area contributed by atoms with Gasteiger partial charge >= 0.3 is 5.97 Å². The predicted octanol–water partition coefficient (Wildman–Crippen LogP) is 0.583. The van der Waals surface area contributed by atoms with Crippen LogP contribution in [0.4, 0.5) is 4.39 Å². The Kier molecular flexibility index (Phi) is 4.37. The molecular formula is C6H11ClFNO2. The normalized spacial score (nSPS) is 29.5. The minimum atomic E-state index is -0.869. The molecule has 0 aromatic carbocycles. The lowest BCUT2D eigenvalue weighted by atomic mass is 10.1. The van der Waals surface area contributed by atoms with Gasteiger partial charge in [-0.3, -0.25) is 4.79 Å².